The molecule has 15 heavy (non-hydrogen) atoms. The number of morpholine rings is 1. The van der Waals surface area contributed by atoms with Crippen molar-refractivity contribution in [2.75, 3.05) is 26.4 Å². The minimum absolute atomic E-state index is 0.261. The average molecular weight is 211 g/mol. The second-order valence-electron chi connectivity index (χ2n) is 3.87. The minimum Gasteiger partial charge on any atom is -0.476 e. The van der Waals surface area contributed by atoms with Crippen LogP contribution in [0.3, 0.4) is 0 Å². The van der Waals surface area contributed by atoms with E-state index in [1.54, 1.807) is 0 Å². The van der Waals surface area contributed by atoms with E-state index in [-0.39, 0.29) is 6.04 Å². The van der Waals surface area contributed by atoms with E-state index in [2.05, 4.69) is 4.90 Å². The molecule has 2 aliphatic rings. The van der Waals surface area contributed by atoms with Gasteiger partial charge in [-0.1, -0.05) is 0 Å². The van der Waals surface area contributed by atoms with Crippen molar-refractivity contribution in [1.82, 2.24) is 4.90 Å². The predicted molar refractivity (Wildman–Crippen MR) is 56.4 cm³/mol. The average Bonchev–Trinajstić information content (AvgIpc) is 2.22. The van der Waals surface area contributed by atoms with Gasteiger partial charge in [-0.05, 0) is 13.0 Å². The molecule has 84 valence electrons. The van der Waals surface area contributed by atoms with Crippen molar-refractivity contribution in [3.05, 3.63) is 23.4 Å². The zero-order chi connectivity index (χ0) is 10.8. The Morgan fingerprint density at radius 1 is 1.53 bits per heavy atom. The second kappa shape index (κ2) is 4.02. The predicted octanol–water partition coefficient (Wildman–Crippen LogP) is -0.292. The molecule has 0 bridgehead atoms. The van der Waals surface area contributed by atoms with E-state index in [9.17, 15) is 0 Å². The van der Waals surface area contributed by atoms with Gasteiger partial charge in [0, 0.05) is 12.2 Å². The topological polar surface area (TPSA) is 73.7 Å². The standard InChI is InChI=1S/C10H17N3O2/c1-7(11)4-9-10(12)15-6-8-5-14-3-2-13(8)9/h4,8H,2-3,5-6,11-12H2,1H3/b7-4-. The number of hydrogen-bond acceptors (Lipinski definition) is 5. The van der Waals surface area contributed by atoms with Crippen molar-refractivity contribution in [2.24, 2.45) is 11.5 Å². The number of nitrogens with zero attached hydrogens (tertiary/aromatic N) is 1. The second-order valence-corrected chi connectivity index (χ2v) is 3.87. The molecule has 0 aromatic carbocycles. The summed E-state index contributed by atoms with van der Waals surface area (Å²) in [7, 11) is 0. The van der Waals surface area contributed by atoms with Gasteiger partial charge >= 0.3 is 0 Å². The van der Waals surface area contributed by atoms with Gasteiger partial charge in [-0.2, -0.15) is 0 Å². The van der Waals surface area contributed by atoms with Crippen LogP contribution in [0.15, 0.2) is 23.4 Å². The van der Waals surface area contributed by atoms with Crippen LogP contribution in [0.2, 0.25) is 0 Å². The van der Waals surface area contributed by atoms with Gasteiger partial charge in [-0.15, -0.1) is 0 Å². The summed E-state index contributed by atoms with van der Waals surface area (Å²) in [5, 5.41) is 0. The van der Waals surface area contributed by atoms with Crippen LogP contribution < -0.4 is 11.5 Å². The molecule has 5 heteroatoms. The highest BCUT2D eigenvalue weighted by molar-refractivity contribution is 5.25. The van der Waals surface area contributed by atoms with E-state index >= 15 is 0 Å². The summed E-state index contributed by atoms with van der Waals surface area (Å²) in [5.74, 6) is 0.456. The van der Waals surface area contributed by atoms with Crippen LogP contribution >= 0.6 is 0 Å². The van der Waals surface area contributed by atoms with Gasteiger partial charge in [0.2, 0.25) is 5.88 Å². The van der Waals surface area contributed by atoms with Crippen molar-refractivity contribution < 1.29 is 9.47 Å². The molecule has 4 N–H and O–H groups in total. The first-order chi connectivity index (χ1) is 7.18. The highest BCUT2D eigenvalue weighted by atomic mass is 16.5. The lowest BCUT2D eigenvalue weighted by Crippen LogP contribution is -2.50. The Morgan fingerprint density at radius 2 is 2.33 bits per heavy atom. The molecule has 0 aromatic heterocycles. The first kappa shape index (κ1) is 10.2. The fourth-order valence-corrected chi connectivity index (χ4v) is 1.88. The molecule has 2 rings (SSSR count). The third-order valence-electron chi connectivity index (χ3n) is 2.59. The van der Waals surface area contributed by atoms with Crippen LogP contribution in [-0.4, -0.2) is 37.3 Å². The summed E-state index contributed by atoms with van der Waals surface area (Å²) < 4.78 is 10.8. The maximum Gasteiger partial charge on any atom is 0.208 e. The van der Waals surface area contributed by atoms with Gasteiger partial charge in [-0.25, -0.2) is 0 Å². The number of ether oxygens (including phenoxy) is 2. The van der Waals surface area contributed by atoms with Crippen molar-refractivity contribution in [1.29, 1.82) is 0 Å². The van der Waals surface area contributed by atoms with E-state index in [1.165, 1.54) is 0 Å². The molecule has 1 fully saturated rings. The molecule has 0 aliphatic carbocycles. The van der Waals surface area contributed by atoms with E-state index < -0.39 is 0 Å². The van der Waals surface area contributed by atoms with Crippen LogP contribution in [0.25, 0.3) is 0 Å². The largest absolute Gasteiger partial charge is 0.476 e. The molecule has 0 spiro atoms. The summed E-state index contributed by atoms with van der Waals surface area (Å²) in [5.41, 5.74) is 13.1. The Hall–Kier alpha value is -1.36. The molecular weight excluding hydrogens is 194 g/mol. The van der Waals surface area contributed by atoms with Gasteiger partial charge in [0.1, 0.15) is 6.61 Å². The smallest absolute Gasteiger partial charge is 0.208 e. The quantitative estimate of drug-likeness (QED) is 0.623. The Labute approximate surface area is 89.3 Å². The number of hydrogen-bond donors (Lipinski definition) is 2. The summed E-state index contributed by atoms with van der Waals surface area (Å²) in [4.78, 5) is 2.21. The van der Waals surface area contributed by atoms with Crippen molar-refractivity contribution in [2.45, 2.75) is 13.0 Å². The van der Waals surface area contributed by atoms with Gasteiger partial charge in [0.05, 0.1) is 25.0 Å². The van der Waals surface area contributed by atoms with Crippen LogP contribution in [0.5, 0.6) is 0 Å². The zero-order valence-corrected chi connectivity index (χ0v) is 8.90. The Morgan fingerprint density at radius 3 is 3.07 bits per heavy atom. The molecule has 2 aliphatic heterocycles. The molecule has 5 nitrogen and oxygen atoms in total. The highest BCUT2D eigenvalue weighted by Crippen LogP contribution is 2.23. The van der Waals surface area contributed by atoms with Crippen molar-refractivity contribution >= 4 is 0 Å². The number of fused-ring (bicyclic) bond motifs is 1. The molecule has 0 radical (unpaired) electrons. The third kappa shape index (κ3) is 2.02. The van der Waals surface area contributed by atoms with Gasteiger partial charge in [-0.3, -0.25) is 0 Å². The molecule has 2 heterocycles. The highest BCUT2D eigenvalue weighted by Gasteiger charge is 2.30. The normalized spacial score (nSPS) is 27.4. The fourth-order valence-electron chi connectivity index (χ4n) is 1.88. The lowest BCUT2D eigenvalue weighted by molar-refractivity contribution is -0.0348. The molecule has 0 aromatic rings. The van der Waals surface area contributed by atoms with Gasteiger partial charge in [0.25, 0.3) is 0 Å². The molecule has 0 saturated carbocycles. The number of allylic oxidation sites excluding steroid dienone is 2. The Kier molecular flexibility index (Phi) is 2.73. The fraction of sp³-hybridized carbons (Fsp3) is 0.600. The molecular formula is C10H17N3O2. The summed E-state index contributed by atoms with van der Waals surface area (Å²) in [6.07, 6.45) is 1.85. The van der Waals surface area contributed by atoms with E-state index in [1.807, 2.05) is 13.0 Å². The van der Waals surface area contributed by atoms with E-state index in [0.717, 1.165) is 24.5 Å². The molecule has 0 amide bonds. The molecule has 1 unspecified atom stereocenters. The van der Waals surface area contributed by atoms with Gasteiger partial charge in [0.15, 0.2) is 0 Å². The van der Waals surface area contributed by atoms with Crippen LogP contribution in [0.4, 0.5) is 0 Å². The zero-order valence-electron chi connectivity index (χ0n) is 8.90. The number of rotatable bonds is 1. The van der Waals surface area contributed by atoms with Crippen molar-refractivity contribution in [3.8, 4) is 0 Å². The Bertz CT molecular complexity index is 308. The lowest BCUT2D eigenvalue weighted by Gasteiger charge is -2.41. The lowest BCUT2D eigenvalue weighted by atomic mass is 10.1. The van der Waals surface area contributed by atoms with Crippen molar-refractivity contribution in [3.63, 3.8) is 0 Å². The summed E-state index contributed by atoms with van der Waals surface area (Å²) in [6.45, 7) is 4.68. The third-order valence-corrected chi connectivity index (χ3v) is 2.59. The SMILES string of the molecule is C/C(N)=C/C1=C(N)OCC2COCCN12. The van der Waals surface area contributed by atoms with E-state index in [0.29, 0.717) is 19.1 Å². The molecule has 1 atom stereocenters. The molecule has 1 saturated heterocycles. The summed E-state index contributed by atoms with van der Waals surface area (Å²) >= 11 is 0. The maximum atomic E-state index is 5.81. The Balaban J connectivity index is 2.26. The first-order valence-corrected chi connectivity index (χ1v) is 5.09. The van der Waals surface area contributed by atoms with Crippen LogP contribution in [0.1, 0.15) is 6.92 Å². The number of nitrogens with two attached hydrogens (primary N) is 2. The maximum absolute atomic E-state index is 5.81. The van der Waals surface area contributed by atoms with Gasteiger partial charge < -0.3 is 25.8 Å². The minimum atomic E-state index is 0.261. The van der Waals surface area contributed by atoms with Crippen LogP contribution in [-0.2, 0) is 9.47 Å². The summed E-state index contributed by atoms with van der Waals surface area (Å²) in [6, 6.07) is 0.261. The van der Waals surface area contributed by atoms with E-state index in [4.69, 9.17) is 20.9 Å². The van der Waals surface area contributed by atoms with Crippen LogP contribution in [0, 0.1) is 0 Å². The first-order valence-electron chi connectivity index (χ1n) is 5.09. The monoisotopic (exact) mass is 211 g/mol.